The molecule has 14 heteroatoms. The van der Waals surface area contributed by atoms with Crippen molar-refractivity contribution in [3.05, 3.63) is 188 Å². The van der Waals surface area contributed by atoms with E-state index in [0.29, 0.717) is 36.9 Å². The number of nitrogens with zero attached hydrogens (tertiary/aromatic N) is 2. The minimum Gasteiger partial charge on any atom is -0.450 e. The summed E-state index contributed by atoms with van der Waals surface area (Å²) in [5.41, 5.74) is 8.87. The second-order valence-electron chi connectivity index (χ2n) is 19.3. The van der Waals surface area contributed by atoms with Crippen LogP contribution >= 0.6 is 0 Å². The van der Waals surface area contributed by atoms with E-state index >= 15 is 0 Å². The summed E-state index contributed by atoms with van der Waals surface area (Å²) in [4.78, 5) is 63.7. The summed E-state index contributed by atoms with van der Waals surface area (Å²) in [6.45, 7) is 4.30. The lowest BCUT2D eigenvalue weighted by atomic mass is 9.62. The zero-order chi connectivity index (χ0) is 50.1. The average molecular weight is 991 g/mol. The molecule has 0 aliphatic heterocycles. The molecule has 0 spiro atoms. The number of allylic oxidation sites excluding steroid dienone is 2. The Morgan fingerprint density at radius 1 is 0.658 bits per heavy atom. The highest BCUT2D eigenvalue weighted by molar-refractivity contribution is 5.68. The van der Waals surface area contributed by atoms with Gasteiger partial charge in [0.2, 0.25) is 5.56 Å². The summed E-state index contributed by atoms with van der Waals surface area (Å²) >= 11 is 0. The molecule has 6 aromatic rings. The van der Waals surface area contributed by atoms with Crippen LogP contribution in [0.5, 0.6) is 0 Å². The number of H-pyrrole nitrogens is 2. The van der Waals surface area contributed by atoms with Gasteiger partial charge in [-0.25, -0.2) is 18.4 Å². The van der Waals surface area contributed by atoms with Crippen molar-refractivity contribution in [2.45, 2.75) is 96.6 Å². The predicted molar refractivity (Wildman–Crippen MR) is 281 cm³/mol. The van der Waals surface area contributed by atoms with Crippen molar-refractivity contribution in [1.82, 2.24) is 30.6 Å². The SMILES string of the molecule is C.CCOC(=O)N[C@@H]1CC[C@@H]2[C@H](Cc3cc(=O)[nH]cc3[C@H]2/C=C/c2ccc(-c3cccc(F)c3)cn2)C1.CCOC(=O)N[C@@H]1CC[C@@H]2[C@H](Cc3cc[nH]c(=O)c3[C@H]2/C=C/c2ccc(-c3cccc(F)c3)cn2)C1. The molecular weight excluding hydrogens is 927 g/mol. The highest BCUT2D eigenvalue weighted by Gasteiger charge is 2.42. The predicted octanol–water partition coefficient (Wildman–Crippen LogP) is 11.6. The number of hydrogen-bond acceptors (Lipinski definition) is 8. The van der Waals surface area contributed by atoms with Gasteiger partial charge in [0, 0.05) is 71.5 Å². The largest absolute Gasteiger partial charge is 0.450 e. The van der Waals surface area contributed by atoms with Crippen molar-refractivity contribution < 1.29 is 27.8 Å². The molecule has 0 radical (unpaired) electrons. The summed E-state index contributed by atoms with van der Waals surface area (Å²) in [7, 11) is 0. The highest BCUT2D eigenvalue weighted by atomic mass is 19.1. The molecule has 2 aromatic carbocycles. The fourth-order valence-corrected chi connectivity index (χ4v) is 11.6. The van der Waals surface area contributed by atoms with Gasteiger partial charge in [0.05, 0.1) is 24.6 Å². The molecule has 73 heavy (non-hydrogen) atoms. The van der Waals surface area contributed by atoms with Crippen molar-refractivity contribution in [3.63, 3.8) is 0 Å². The standard InChI is InChI=1S/2C29H30FN3O3.CH4/c1-2-36-29(35)33-24-9-10-25-20(14-24)12-21-15-28(34)32-17-27(21)26(25)11-8-23-7-6-19(16-31-23)18-4-3-5-22(30)13-18;1-2-36-29(35)33-24-9-10-25-21(16-24)14-19-12-13-31-28(34)27(19)26(25)11-8-23-7-6-20(17-32-23)18-4-3-5-22(30)15-18;/h3-8,11,13,15-17,20,24-26H,2,9-10,12,14H2,1H3,(H,32,34)(H,33,35);3-8,11-13,15,17,21,24-26H,2,9-10,14,16H2,1H3,(H,31,34)(H,33,35);1H4/b2*11-8+;/t20-,24-,25-,26+;21-,24-,25-,26+;/m11./s1. The van der Waals surface area contributed by atoms with E-state index in [1.165, 1.54) is 24.3 Å². The summed E-state index contributed by atoms with van der Waals surface area (Å²) < 4.78 is 37.3. The Bertz CT molecular complexity index is 3020. The smallest absolute Gasteiger partial charge is 0.407 e. The number of pyridine rings is 4. The van der Waals surface area contributed by atoms with Crippen molar-refractivity contribution in [2.75, 3.05) is 13.2 Å². The number of halogens is 2. The van der Waals surface area contributed by atoms with E-state index < -0.39 is 0 Å². The summed E-state index contributed by atoms with van der Waals surface area (Å²) in [6, 6.07) is 24.5. The molecule has 4 aromatic heterocycles. The number of aromatic nitrogens is 4. The number of benzene rings is 2. The van der Waals surface area contributed by atoms with Crippen molar-refractivity contribution in [3.8, 4) is 22.3 Å². The molecule has 4 N–H and O–H groups in total. The first-order valence-corrected chi connectivity index (χ1v) is 25.1. The summed E-state index contributed by atoms with van der Waals surface area (Å²) in [6.07, 6.45) is 21.7. The van der Waals surface area contributed by atoms with E-state index in [-0.39, 0.29) is 66.3 Å². The number of carbonyl (C=O) groups is 2. The van der Waals surface area contributed by atoms with E-state index in [1.807, 2.05) is 60.8 Å². The number of aromatic amines is 2. The lowest BCUT2D eigenvalue weighted by molar-refractivity contribution is 0.128. The molecule has 0 unspecified atom stereocenters. The molecule has 2 amide bonds. The molecule has 4 heterocycles. The Morgan fingerprint density at radius 3 is 1.71 bits per heavy atom. The maximum absolute atomic E-state index is 13.6. The molecule has 4 aliphatic rings. The third-order valence-corrected chi connectivity index (χ3v) is 14.8. The summed E-state index contributed by atoms with van der Waals surface area (Å²) in [5.74, 6) is 0.999. The van der Waals surface area contributed by atoms with Gasteiger partial charge >= 0.3 is 12.2 Å². The van der Waals surface area contributed by atoms with Crippen LogP contribution in [0.3, 0.4) is 0 Å². The molecule has 0 bridgehead atoms. The highest BCUT2D eigenvalue weighted by Crippen LogP contribution is 2.48. The van der Waals surface area contributed by atoms with Crippen LogP contribution in [0.2, 0.25) is 0 Å². The topological polar surface area (TPSA) is 168 Å². The Morgan fingerprint density at radius 2 is 1.19 bits per heavy atom. The van der Waals surface area contributed by atoms with Gasteiger partial charge in [-0.05, 0) is 171 Å². The number of amides is 2. The van der Waals surface area contributed by atoms with Crippen LogP contribution in [0.4, 0.5) is 18.4 Å². The number of alkyl carbamates (subject to hydrolysis) is 2. The molecule has 2 saturated carbocycles. The Balaban J connectivity index is 0.000000192. The lowest BCUT2D eigenvalue weighted by Crippen LogP contribution is -2.45. The number of ether oxygens (including phenoxy) is 2. The Kier molecular flexibility index (Phi) is 16.9. The van der Waals surface area contributed by atoms with Gasteiger partial charge < -0.3 is 30.1 Å². The van der Waals surface area contributed by atoms with Crippen molar-refractivity contribution in [2.24, 2.45) is 23.7 Å². The van der Waals surface area contributed by atoms with Crippen LogP contribution < -0.4 is 21.8 Å². The lowest BCUT2D eigenvalue weighted by Gasteiger charge is -2.43. The molecule has 2 fully saturated rings. The van der Waals surface area contributed by atoms with Crippen LogP contribution in [0.25, 0.3) is 34.4 Å². The first-order valence-electron chi connectivity index (χ1n) is 25.1. The number of nitrogens with one attached hydrogen (secondary N) is 4. The molecule has 0 saturated heterocycles. The quantitative estimate of drug-likeness (QED) is 0.105. The van der Waals surface area contributed by atoms with Crippen LogP contribution in [-0.2, 0) is 22.3 Å². The normalized spacial score (nSPS) is 22.7. The minimum atomic E-state index is -0.363. The van der Waals surface area contributed by atoms with Crippen LogP contribution in [0.1, 0.15) is 105 Å². The molecule has 8 atom stereocenters. The molecule has 10 rings (SSSR count). The van der Waals surface area contributed by atoms with E-state index in [9.17, 15) is 28.0 Å². The minimum absolute atomic E-state index is 0. The molecule has 4 aliphatic carbocycles. The third kappa shape index (κ3) is 12.6. The first kappa shape index (κ1) is 51.9. The number of hydrogen-bond donors (Lipinski definition) is 4. The molecule has 380 valence electrons. The van der Waals surface area contributed by atoms with Gasteiger partial charge in [0.25, 0.3) is 5.56 Å². The van der Waals surface area contributed by atoms with Gasteiger partial charge in [-0.2, -0.15) is 0 Å². The van der Waals surface area contributed by atoms with Crippen LogP contribution in [0, 0.1) is 35.3 Å². The van der Waals surface area contributed by atoms with Gasteiger partial charge in [-0.15, -0.1) is 0 Å². The first-order chi connectivity index (χ1) is 35.0. The van der Waals surface area contributed by atoms with Gasteiger partial charge in [-0.1, -0.05) is 56.0 Å². The van der Waals surface area contributed by atoms with E-state index in [4.69, 9.17) is 9.47 Å². The van der Waals surface area contributed by atoms with E-state index in [0.717, 1.165) is 107 Å². The number of fused-ring (bicyclic) bond motifs is 4. The van der Waals surface area contributed by atoms with Crippen LogP contribution in [-0.4, -0.2) is 57.4 Å². The Hall–Kier alpha value is -7.48. The van der Waals surface area contributed by atoms with Gasteiger partial charge in [0.15, 0.2) is 0 Å². The second-order valence-corrected chi connectivity index (χ2v) is 19.3. The van der Waals surface area contributed by atoms with Crippen molar-refractivity contribution >= 4 is 24.3 Å². The zero-order valence-corrected chi connectivity index (χ0v) is 40.5. The Labute approximate surface area is 424 Å². The van der Waals surface area contributed by atoms with E-state index in [1.54, 1.807) is 50.6 Å². The fourth-order valence-electron chi connectivity index (χ4n) is 11.6. The van der Waals surface area contributed by atoms with Gasteiger partial charge in [-0.3, -0.25) is 19.6 Å². The maximum atomic E-state index is 13.6. The zero-order valence-electron chi connectivity index (χ0n) is 40.5. The number of carbonyl (C=O) groups excluding carboxylic acids is 2. The third-order valence-electron chi connectivity index (χ3n) is 14.8. The molecular formula is C59H64F2N6O6. The van der Waals surface area contributed by atoms with Gasteiger partial charge in [0.1, 0.15) is 11.6 Å². The second kappa shape index (κ2) is 23.8. The van der Waals surface area contributed by atoms with Crippen molar-refractivity contribution in [1.29, 1.82) is 0 Å². The number of rotatable bonds is 10. The maximum Gasteiger partial charge on any atom is 0.407 e. The molecule has 12 nitrogen and oxygen atoms in total. The van der Waals surface area contributed by atoms with E-state index in [2.05, 4.69) is 42.7 Å². The fraction of sp³-hybridized carbons (Fsp3) is 0.356. The average Bonchev–Trinajstić information content (AvgIpc) is 3.37. The van der Waals surface area contributed by atoms with Crippen LogP contribution in [0.15, 0.2) is 131 Å². The monoisotopic (exact) mass is 990 g/mol. The summed E-state index contributed by atoms with van der Waals surface area (Å²) in [5, 5.41) is 6.01.